The van der Waals surface area contributed by atoms with E-state index >= 15 is 0 Å². The fraction of sp³-hybridized carbons (Fsp3) is 0.792. The van der Waals surface area contributed by atoms with Gasteiger partial charge in [-0.3, -0.25) is 4.79 Å². The third-order valence-electron chi connectivity index (χ3n) is 4.94. The Morgan fingerprint density at radius 2 is 1.12 bits per heavy atom. The molecule has 0 aliphatic carbocycles. The zero-order valence-electron chi connectivity index (χ0n) is 17.8. The van der Waals surface area contributed by atoms with Crippen molar-refractivity contribution in [3.8, 4) is 0 Å². The SMILES string of the molecule is C=C(C)C(=O)NC=CCCCCCCCCCCCCCCCCCC. The second-order valence-corrected chi connectivity index (χ2v) is 7.75. The Kier molecular flexibility index (Phi) is 19.4. The summed E-state index contributed by atoms with van der Waals surface area (Å²) in [5.74, 6) is -0.0896. The summed E-state index contributed by atoms with van der Waals surface area (Å²) in [5.41, 5.74) is 0.553. The molecule has 0 aliphatic heterocycles. The van der Waals surface area contributed by atoms with Crippen LogP contribution in [0.1, 0.15) is 123 Å². The molecule has 1 amide bonds. The molecule has 0 aromatic heterocycles. The molecule has 26 heavy (non-hydrogen) atoms. The summed E-state index contributed by atoms with van der Waals surface area (Å²) in [6.07, 6.45) is 27.3. The molecule has 0 saturated carbocycles. The maximum atomic E-state index is 11.3. The van der Waals surface area contributed by atoms with Gasteiger partial charge in [0, 0.05) is 11.8 Å². The number of carbonyl (C=O) groups excluding carboxylic acids is 1. The predicted octanol–water partition coefficient (Wildman–Crippen LogP) is 7.84. The largest absolute Gasteiger partial charge is 0.329 e. The van der Waals surface area contributed by atoms with Crippen LogP contribution in [-0.2, 0) is 4.79 Å². The van der Waals surface area contributed by atoms with Gasteiger partial charge in [-0.2, -0.15) is 0 Å². The average molecular weight is 364 g/mol. The topological polar surface area (TPSA) is 29.1 Å². The molecule has 0 spiro atoms. The van der Waals surface area contributed by atoms with E-state index in [1.54, 1.807) is 13.1 Å². The van der Waals surface area contributed by atoms with Crippen molar-refractivity contribution in [1.29, 1.82) is 0 Å². The van der Waals surface area contributed by atoms with Crippen molar-refractivity contribution in [2.24, 2.45) is 0 Å². The summed E-state index contributed by atoms with van der Waals surface area (Å²) in [6, 6.07) is 0. The summed E-state index contributed by atoms with van der Waals surface area (Å²) in [4.78, 5) is 11.3. The van der Waals surface area contributed by atoms with Crippen LogP contribution in [0.15, 0.2) is 24.4 Å². The van der Waals surface area contributed by atoms with E-state index < -0.39 is 0 Å². The van der Waals surface area contributed by atoms with Crippen LogP contribution < -0.4 is 5.32 Å². The lowest BCUT2D eigenvalue weighted by molar-refractivity contribution is -0.116. The van der Waals surface area contributed by atoms with E-state index in [-0.39, 0.29) is 5.91 Å². The molecule has 0 rings (SSSR count). The van der Waals surface area contributed by atoms with Gasteiger partial charge >= 0.3 is 0 Å². The first kappa shape index (κ1) is 24.9. The maximum Gasteiger partial charge on any atom is 0.250 e. The number of amides is 1. The summed E-state index contributed by atoms with van der Waals surface area (Å²) < 4.78 is 0. The predicted molar refractivity (Wildman–Crippen MR) is 116 cm³/mol. The van der Waals surface area contributed by atoms with Crippen LogP contribution in [0, 0.1) is 0 Å². The first-order valence-electron chi connectivity index (χ1n) is 11.3. The van der Waals surface area contributed by atoms with Crippen LogP contribution >= 0.6 is 0 Å². The molecular weight excluding hydrogens is 318 g/mol. The standard InChI is InChI=1S/C24H45NO/c1-4-5-6-7-8-9-10-11-12-13-14-15-16-17-18-19-20-21-22-25-24(26)23(2)3/h21-22H,2,4-20H2,1,3H3,(H,25,26). The van der Waals surface area contributed by atoms with E-state index in [9.17, 15) is 4.79 Å². The van der Waals surface area contributed by atoms with Gasteiger partial charge in [-0.25, -0.2) is 0 Å². The van der Waals surface area contributed by atoms with Crippen molar-refractivity contribution in [3.63, 3.8) is 0 Å². The quantitative estimate of drug-likeness (QED) is 0.184. The number of unbranched alkanes of at least 4 members (excludes halogenated alkanes) is 16. The van der Waals surface area contributed by atoms with Gasteiger partial charge in [0.1, 0.15) is 0 Å². The van der Waals surface area contributed by atoms with Gasteiger partial charge in [0.25, 0.3) is 0 Å². The normalized spacial score (nSPS) is 11.2. The fourth-order valence-corrected chi connectivity index (χ4v) is 3.15. The lowest BCUT2D eigenvalue weighted by Crippen LogP contribution is -2.16. The second kappa shape index (κ2) is 20.3. The molecule has 2 heteroatoms. The molecule has 0 atom stereocenters. The van der Waals surface area contributed by atoms with Gasteiger partial charge in [0.05, 0.1) is 0 Å². The average Bonchev–Trinajstić information content (AvgIpc) is 2.63. The third kappa shape index (κ3) is 19.3. The van der Waals surface area contributed by atoms with Crippen molar-refractivity contribution in [1.82, 2.24) is 5.32 Å². The highest BCUT2D eigenvalue weighted by atomic mass is 16.1. The van der Waals surface area contributed by atoms with Gasteiger partial charge in [-0.15, -0.1) is 0 Å². The van der Waals surface area contributed by atoms with Crippen molar-refractivity contribution in [3.05, 3.63) is 24.4 Å². The second-order valence-electron chi connectivity index (χ2n) is 7.75. The highest BCUT2D eigenvalue weighted by Crippen LogP contribution is 2.14. The molecule has 0 unspecified atom stereocenters. The Morgan fingerprint density at radius 3 is 1.50 bits per heavy atom. The monoisotopic (exact) mass is 363 g/mol. The van der Waals surface area contributed by atoms with E-state index in [0.717, 1.165) is 6.42 Å². The number of hydrogen-bond acceptors (Lipinski definition) is 1. The molecule has 0 heterocycles. The zero-order chi connectivity index (χ0) is 19.3. The summed E-state index contributed by atoms with van der Waals surface area (Å²) >= 11 is 0. The highest BCUT2D eigenvalue weighted by Gasteiger charge is 1.96. The minimum Gasteiger partial charge on any atom is -0.329 e. The Labute approximate surface area is 163 Å². The molecule has 0 saturated heterocycles. The molecule has 0 radical (unpaired) electrons. The summed E-state index contributed by atoms with van der Waals surface area (Å²) in [7, 11) is 0. The van der Waals surface area contributed by atoms with E-state index in [0.29, 0.717) is 5.57 Å². The Balaban J connectivity index is 3.12. The van der Waals surface area contributed by atoms with Gasteiger partial charge < -0.3 is 5.32 Å². The zero-order valence-corrected chi connectivity index (χ0v) is 17.8. The molecule has 1 N–H and O–H groups in total. The van der Waals surface area contributed by atoms with E-state index in [1.807, 2.05) is 6.08 Å². The molecular formula is C24H45NO. The highest BCUT2D eigenvalue weighted by molar-refractivity contribution is 5.92. The number of rotatable bonds is 19. The lowest BCUT2D eigenvalue weighted by Gasteiger charge is -2.03. The van der Waals surface area contributed by atoms with Crippen LogP contribution in [0.3, 0.4) is 0 Å². The van der Waals surface area contributed by atoms with Gasteiger partial charge in [0.15, 0.2) is 0 Å². The minimum absolute atomic E-state index is 0.0896. The fourth-order valence-electron chi connectivity index (χ4n) is 3.15. The van der Waals surface area contributed by atoms with Crippen LogP contribution in [0.4, 0.5) is 0 Å². The van der Waals surface area contributed by atoms with Gasteiger partial charge in [0.2, 0.25) is 5.91 Å². The van der Waals surface area contributed by atoms with E-state index in [4.69, 9.17) is 0 Å². The first-order valence-corrected chi connectivity index (χ1v) is 11.3. The van der Waals surface area contributed by atoms with Gasteiger partial charge in [-0.05, 0) is 19.8 Å². The van der Waals surface area contributed by atoms with Crippen LogP contribution in [-0.4, -0.2) is 5.91 Å². The molecule has 0 aromatic carbocycles. The van der Waals surface area contributed by atoms with Crippen LogP contribution in [0.2, 0.25) is 0 Å². The van der Waals surface area contributed by atoms with Crippen molar-refractivity contribution in [2.75, 3.05) is 0 Å². The summed E-state index contributed by atoms with van der Waals surface area (Å²) in [6.45, 7) is 7.62. The third-order valence-corrected chi connectivity index (χ3v) is 4.94. The van der Waals surface area contributed by atoms with E-state index in [2.05, 4.69) is 18.8 Å². The number of allylic oxidation sites excluding steroid dienone is 1. The van der Waals surface area contributed by atoms with Crippen LogP contribution in [0.5, 0.6) is 0 Å². The Morgan fingerprint density at radius 1 is 0.731 bits per heavy atom. The maximum absolute atomic E-state index is 11.3. The van der Waals surface area contributed by atoms with Crippen molar-refractivity contribution in [2.45, 2.75) is 123 Å². The van der Waals surface area contributed by atoms with Crippen molar-refractivity contribution < 1.29 is 4.79 Å². The minimum atomic E-state index is -0.0896. The van der Waals surface area contributed by atoms with Crippen LogP contribution in [0.25, 0.3) is 0 Å². The summed E-state index contributed by atoms with van der Waals surface area (Å²) in [5, 5.41) is 2.72. The lowest BCUT2D eigenvalue weighted by atomic mass is 10.0. The first-order chi connectivity index (χ1) is 12.7. The van der Waals surface area contributed by atoms with Gasteiger partial charge in [-0.1, -0.05) is 116 Å². The molecule has 152 valence electrons. The Hall–Kier alpha value is -1.05. The van der Waals surface area contributed by atoms with E-state index in [1.165, 1.54) is 103 Å². The molecule has 0 fully saturated rings. The number of carbonyl (C=O) groups is 1. The number of nitrogens with one attached hydrogen (secondary N) is 1. The van der Waals surface area contributed by atoms with Crippen molar-refractivity contribution >= 4 is 5.91 Å². The smallest absolute Gasteiger partial charge is 0.250 e. The molecule has 0 aromatic rings. The molecule has 2 nitrogen and oxygen atoms in total. The number of hydrogen-bond donors (Lipinski definition) is 1. The molecule has 0 bridgehead atoms. The molecule has 0 aliphatic rings. The Bertz CT molecular complexity index is 359.